The fraction of sp³-hybridized carbons (Fsp3) is 1.00. The third-order valence-electron chi connectivity index (χ3n) is 4.35. The second kappa shape index (κ2) is 7.32. The maximum Gasteiger partial charge on any atom is 0.0648 e. The molecule has 0 aromatic carbocycles. The summed E-state index contributed by atoms with van der Waals surface area (Å²) in [5, 5.41) is 10.6. The van der Waals surface area contributed by atoms with Crippen LogP contribution in [-0.4, -0.2) is 10.7 Å². The molecule has 0 aromatic rings. The number of hydrogen-bond acceptors (Lipinski definition) is 1. The highest BCUT2D eigenvalue weighted by molar-refractivity contribution is 4.82. The fourth-order valence-electron chi connectivity index (χ4n) is 3.00. The monoisotopic (exact) mass is 226 g/mol. The number of hydrogen-bond donors (Lipinski definition) is 1. The molecule has 0 spiro atoms. The van der Waals surface area contributed by atoms with E-state index in [1.807, 2.05) is 0 Å². The molecule has 2 unspecified atom stereocenters. The Morgan fingerprint density at radius 3 is 2.56 bits per heavy atom. The van der Waals surface area contributed by atoms with E-state index in [2.05, 4.69) is 13.8 Å². The van der Waals surface area contributed by atoms with Crippen LogP contribution in [0.15, 0.2) is 0 Å². The Labute approximate surface area is 102 Å². The molecule has 96 valence electrons. The smallest absolute Gasteiger partial charge is 0.0648 e. The second-order valence-corrected chi connectivity index (χ2v) is 5.74. The molecule has 2 atom stereocenters. The van der Waals surface area contributed by atoms with Crippen molar-refractivity contribution in [1.82, 2.24) is 0 Å². The molecule has 1 rings (SSSR count). The first kappa shape index (κ1) is 14.0. The van der Waals surface area contributed by atoms with E-state index in [-0.39, 0.29) is 5.60 Å². The average molecular weight is 226 g/mol. The molecule has 16 heavy (non-hydrogen) atoms. The Morgan fingerprint density at radius 1 is 1.06 bits per heavy atom. The van der Waals surface area contributed by atoms with Crippen molar-refractivity contribution < 1.29 is 5.11 Å². The molecule has 1 N–H and O–H groups in total. The zero-order valence-corrected chi connectivity index (χ0v) is 11.3. The lowest BCUT2D eigenvalue weighted by Gasteiger charge is -2.26. The summed E-state index contributed by atoms with van der Waals surface area (Å²) in [4.78, 5) is 0. The highest BCUT2D eigenvalue weighted by Crippen LogP contribution is 2.35. The first-order valence-corrected chi connectivity index (χ1v) is 7.42. The zero-order valence-electron chi connectivity index (χ0n) is 11.3. The molecule has 0 aliphatic heterocycles. The van der Waals surface area contributed by atoms with E-state index in [9.17, 15) is 5.11 Å². The van der Waals surface area contributed by atoms with Crippen LogP contribution >= 0.6 is 0 Å². The molecule has 0 bridgehead atoms. The van der Waals surface area contributed by atoms with Gasteiger partial charge in [0.15, 0.2) is 0 Å². The molecule has 0 heterocycles. The maximum absolute atomic E-state index is 10.6. The fourth-order valence-corrected chi connectivity index (χ4v) is 3.00. The molecular weight excluding hydrogens is 196 g/mol. The van der Waals surface area contributed by atoms with Gasteiger partial charge in [-0.1, -0.05) is 58.8 Å². The number of aliphatic hydroxyl groups is 1. The van der Waals surface area contributed by atoms with Crippen LogP contribution in [0.5, 0.6) is 0 Å². The van der Waals surface area contributed by atoms with E-state index in [0.29, 0.717) is 0 Å². The predicted molar refractivity (Wildman–Crippen MR) is 70.6 cm³/mol. The van der Waals surface area contributed by atoms with E-state index >= 15 is 0 Å². The summed E-state index contributed by atoms with van der Waals surface area (Å²) in [6.07, 6.45) is 13.4. The van der Waals surface area contributed by atoms with Gasteiger partial charge in [0.25, 0.3) is 0 Å². The van der Waals surface area contributed by atoms with Gasteiger partial charge in [-0.05, 0) is 31.6 Å². The molecule has 1 heteroatoms. The van der Waals surface area contributed by atoms with Crippen molar-refractivity contribution in [3.8, 4) is 0 Å². The lowest BCUT2D eigenvalue weighted by atomic mass is 9.88. The molecule has 1 fully saturated rings. The van der Waals surface area contributed by atoms with Crippen LogP contribution in [0.2, 0.25) is 0 Å². The molecule has 0 amide bonds. The Balaban J connectivity index is 2.26. The van der Waals surface area contributed by atoms with Gasteiger partial charge in [0.05, 0.1) is 5.60 Å². The largest absolute Gasteiger partial charge is 0.390 e. The Hall–Kier alpha value is -0.0400. The van der Waals surface area contributed by atoms with Crippen LogP contribution in [0.3, 0.4) is 0 Å². The normalized spacial score (nSPS) is 31.3. The Kier molecular flexibility index (Phi) is 6.41. The summed E-state index contributed by atoms with van der Waals surface area (Å²) in [6, 6.07) is 0. The number of rotatable bonds is 6. The highest BCUT2D eigenvalue weighted by Gasteiger charge is 2.29. The Bertz CT molecular complexity index is 178. The van der Waals surface area contributed by atoms with Gasteiger partial charge in [0.2, 0.25) is 0 Å². The van der Waals surface area contributed by atoms with Gasteiger partial charge in [0, 0.05) is 0 Å². The van der Waals surface area contributed by atoms with Gasteiger partial charge < -0.3 is 5.11 Å². The summed E-state index contributed by atoms with van der Waals surface area (Å²) >= 11 is 0. The Morgan fingerprint density at radius 2 is 1.88 bits per heavy atom. The van der Waals surface area contributed by atoms with Crippen LogP contribution < -0.4 is 0 Å². The third-order valence-corrected chi connectivity index (χ3v) is 4.35. The summed E-state index contributed by atoms with van der Waals surface area (Å²) in [5.41, 5.74) is -0.308. The van der Waals surface area contributed by atoms with Gasteiger partial charge >= 0.3 is 0 Å². The SMILES string of the molecule is CCCCCCC1(O)CCCC(CC)CC1. The van der Waals surface area contributed by atoms with Crippen LogP contribution in [0, 0.1) is 5.92 Å². The molecule has 0 saturated heterocycles. The first-order valence-electron chi connectivity index (χ1n) is 7.42. The van der Waals surface area contributed by atoms with Crippen LogP contribution in [0.4, 0.5) is 0 Å². The summed E-state index contributed by atoms with van der Waals surface area (Å²) < 4.78 is 0. The minimum atomic E-state index is -0.308. The molecule has 0 aromatic heterocycles. The van der Waals surface area contributed by atoms with Crippen LogP contribution in [0.25, 0.3) is 0 Å². The van der Waals surface area contributed by atoms with E-state index in [0.717, 1.165) is 25.2 Å². The van der Waals surface area contributed by atoms with Crippen molar-refractivity contribution in [2.45, 2.75) is 90.1 Å². The van der Waals surface area contributed by atoms with Gasteiger partial charge in [-0.15, -0.1) is 0 Å². The number of unbranched alkanes of at least 4 members (excludes halogenated alkanes) is 3. The van der Waals surface area contributed by atoms with Crippen LogP contribution in [-0.2, 0) is 0 Å². The van der Waals surface area contributed by atoms with Gasteiger partial charge in [-0.25, -0.2) is 0 Å². The molecule has 1 aliphatic carbocycles. The van der Waals surface area contributed by atoms with Crippen molar-refractivity contribution >= 4 is 0 Å². The lowest BCUT2D eigenvalue weighted by Crippen LogP contribution is -2.27. The highest BCUT2D eigenvalue weighted by atomic mass is 16.3. The van der Waals surface area contributed by atoms with Crippen LogP contribution in [0.1, 0.15) is 84.5 Å². The quantitative estimate of drug-likeness (QED) is 0.515. The average Bonchev–Trinajstić information content (AvgIpc) is 2.47. The summed E-state index contributed by atoms with van der Waals surface area (Å²) in [7, 11) is 0. The third kappa shape index (κ3) is 4.86. The topological polar surface area (TPSA) is 20.2 Å². The van der Waals surface area contributed by atoms with E-state index in [1.54, 1.807) is 0 Å². The van der Waals surface area contributed by atoms with Gasteiger partial charge in [-0.2, -0.15) is 0 Å². The minimum absolute atomic E-state index is 0.308. The molecule has 1 aliphatic rings. The van der Waals surface area contributed by atoms with E-state index in [1.165, 1.54) is 51.4 Å². The molecular formula is C15H30O. The second-order valence-electron chi connectivity index (χ2n) is 5.74. The first-order chi connectivity index (χ1) is 7.70. The summed E-state index contributed by atoms with van der Waals surface area (Å²) in [6.45, 7) is 4.53. The van der Waals surface area contributed by atoms with E-state index < -0.39 is 0 Å². The standard InChI is InChI=1S/C15H30O/c1-3-5-6-7-11-15(16)12-8-9-14(4-2)10-13-15/h14,16H,3-13H2,1-2H3. The van der Waals surface area contributed by atoms with Crippen molar-refractivity contribution in [2.75, 3.05) is 0 Å². The predicted octanol–water partition coefficient (Wildman–Crippen LogP) is 4.68. The summed E-state index contributed by atoms with van der Waals surface area (Å²) in [5.74, 6) is 0.879. The lowest BCUT2D eigenvalue weighted by molar-refractivity contribution is 0.0130. The van der Waals surface area contributed by atoms with Gasteiger partial charge in [0.1, 0.15) is 0 Å². The zero-order chi connectivity index (χ0) is 11.9. The van der Waals surface area contributed by atoms with Crippen molar-refractivity contribution in [3.05, 3.63) is 0 Å². The van der Waals surface area contributed by atoms with Crippen molar-refractivity contribution in [2.24, 2.45) is 5.92 Å². The van der Waals surface area contributed by atoms with E-state index in [4.69, 9.17) is 0 Å². The minimum Gasteiger partial charge on any atom is -0.390 e. The molecule has 1 saturated carbocycles. The molecule has 1 nitrogen and oxygen atoms in total. The van der Waals surface area contributed by atoms with Crippen molar-refractivity contribution in [3.63, 3.8) is 0 Å². The van der Waals surface area contributed by atoms with Crippen molar-refractivity contribution in [1.29, 1.82) is 0 Å². The molecule has 0 radical (unpaired) electrons. The maximum atomic E-state index is 10.6. The van der Waals surface area contributed by atoms with Gasteiger partial charge in [-0.3, -0.25) is 0 Å².